The molecule has 0 aromatic heterocycles. The lowest BCUT2D eigenvalue weighted by Gasteiger charge is -2.23. The Morgan fingerprint density at radius 1 is 1.06 bits per heavy atom. The molecule has 0 saturated heterocycles. The molecule has 1 amide bonds. The lowest BCUT2D eigenvalue weighted by Crippen LogP contribution is -2.27. The van der Waals surface area contributed by atoms with Gasteiger partial charge in [-0.05, 0) is 66.9 Å². The van der Waals surface area contributed by atoms with E-state index in [0.29, 0.717) is 31.9 Å². The van der Waals surface area contributed by atoms with Gasteiger partial charge in [-0.15, -0.1) is 0 Å². The summed E-state index contributed by atoms with van der Waals surface area (Å²) in [5.74, 6) is -0.0831. The van der Waals surface area contributed by atoms with Gasteiger partial charge in [0.2, 0.25) is 0 Å². The summed E-state index contributed by atoms with van der Waals surface area (Å²) >= 11 is 0. The molecule has 1 atom stereocenters. The van der Waals surface area contributed by atoms with Crippen LogP contribution >= 0.6 is 0 Å². The van der Waals surface area contributed by atoms with Gasteiger partial charge in [-0.1, -0.05) is 63.6 Å². The summed E-state index contributed by atoms with van der Waals surface area (Å²) in [6, 6.07) is 14.2. The number of aryl methyl sites for hydroxylation is 1. The van der Waals surface area contributed by atoms with Crippen molar-refractivity contribution in [3.05, 3.63) is 94.8 Å². The minimum absolute atomic E-state index is 0.0254. The Bertz CT molecular complexity index is 935. The van der Waals surface area contributed by atoms with Crippen LogP contribution in [0.15, 0.2) is 67.0 Å². The second-order valence-electron chi connectivity index (χ2n) is 8.47. The van der Waals surface area contributed by atoms with E-state index in [1.807, 2.05) is 24.4 Å². The number of rotatable bonds is 13. The topological polar surface area (TPSA) is 59.6 Å². The molecule has 0 saturated carbocycles. The molecular weight excluding hydrogens is 436 g/mol. The Kier molecular flexibility index (Phi) is 15.1. The standard InChI is InChI=1S/C26H34N2O3.C4H10/c1-6-27-18-20(3)25(24-12-7-9-19(2)21(24)4)22-10-8-11-23(17-22)26(29)28-13-14-31-16-15-30-5;1-3-4-2/h6-12,17-18,25,27H,1,13-16H2,2-5H3,(H,28,29);3-4H2,1-2H3/b20-18+;. The molecule has 5 nitrogen and oxygen atoms in total. The van der Waals surface area contributed by atoms with E-state index in [2.05, 4.69) is 76.1 Å². The summed E-state index contributed by atoms with van der Waals surface area (Å²) in [7, 11) is 1.63. The van der Waals surface area contributed by atoms with Crippen molar-refractivity contribution >= 4 is 5.91 Å². The first-order chi connectivity index (χ1) is 16.9. The van der Waals surface area contributed by atoms with Gasteiger partial charge in [0.25, 0.3) is 5.91 Å². The van der Waals surface area contributed by atoms with Gasteiger partial charge in [0, 0.05) is 31.3 Å². The zero-order valence-corrected chi connectivity index (χ0v) is 22.4. The van der Waals surface area contributed by atoms with Gasteiger partial charge in [-0.25, -0.2) is 0 Å². The molecule has 2 aromatic rings. The minimum atomic E-state index is -0.109. The molecule has 192 valence electrons. The highest BCUT2D eigenvalue weighted by Crippen LogP contribution is 2.34. The Morgan fingerprint density at radius 3 is 2.43 bits per heavy atom. The maximum atomic E-state index is 12.7. The maximum Gasteiger partial charge on any atom is 0.251 e. The van der Waals surface area contributed by atoms with Gasteiger partial charge in [0.05, 0.1) is 19.8 Å². The number of nitrogens with one attached hydrogen (secondary N) is 2. The molecule has 0 aliphatic rings. The molecule has 35 heavy (non-hydrogen) atoms. The van der Waals surface area contributed by atoms with Crippen molar-refractivity contribution in [1.82, 2.24) is 10.6 Å². The van der Waals surface area contributed by atoms with E-state index in [1.54, 1.807) is 13.3 Å². The fraction of sp³-hybridized carbons (Fsp3) is 0.433. The molecule has 0 bridgehead atoms. The van der Waals surface area contributed by atoms with Crippen molar-refractivity contribution < 1.29 is 14.3 Å². The summed E-state index contributed by atoms with van der Waals surface area (Å²) in [6.45, 7) is 16.4. The first-order valence-electron chi connectivity index (χ1n) is 12.5. The Hall–Kier alpha value is -2.89. The molecule has 5 heteroatoms. The van der Waals surface area contributed by atoms with Crippen LogP contribution in [0.2, 0.25) is 0 Å². The van der Waals surface area contributed by atoms with E-state index in [4.69, 9.17) is 9.47 Å². The summed E-state index contributed by atoms with van der Waals surface area (Å²) in [6.07, 6.45) is 6.26. The zero-order chi connectivity index (χ0) is 26.1. The van der Waals surface area contributed by atoms with Crippen LogP contribution in [-0.4, -0.2) is 39.4 Å². The predicted molar refractivity (Wildman–Crippen MR) is 147 cm³/mol. The average molecular weight is 481 g/mol. The molecule has 0 aliphatic heterocycles. The number of hydrogen-bond acceptors (Lipinski definition) is 4. The van der Waals surface area contributed by atoms with Crippen LogP contribution in [0.1, 0.15) is 72.1 Å². The number of ether oxygens (including phenoxy) is 2. The molecule has 2 aromatic carbocycles. The molecule has 2 N–H and O–H groups in total. The van der Waals surface area contributed by atoms with E-state index >= 15 is 0 Å². The van der Waals surface area contributed by atoms with E-state index in [9.17, 15) is 4.79 Å². The number of amides is 1. The summed E-state index contributed by atoms with van der Waals surface area (Å²) in [5, 5.41) is 6.01. The smallest absolute Gasteiger partial charge is 0.251 e. The number of allylic oxidation sites excluding steroid dienone is 1. The van der Waals surface area contributed by atoms with Crippen LogP contribution in [-0.2, 0) is 9.47 Å². The Labute approximate surface area is 212 Å². The lowest BCUT2D eigenvalue weighted by molar-refractivity contribution is 0.0692. The van der Waals surface area contributed by atoms with Crippen LogP contribution in [0, 0.1) is 13.8 Å². The van der Waals surface area contributed by atoms with E-state index in [0.717, 1.165) is 11.1 Å². The average Bonchev–Trinajstić information content (AvgIpc) is 2.87. The fourth-order valence-electron chi connectivity index (χ4n) is 3.49. The number of carbonyl (C=O) groups is 1. The van der Waals surface area contributed by atoms with Crippen LogP contribution in [0.25, 0.3) is 0 Å². The molecule has 0 aliphatic carbocycles. The number of carbonyl (C=O) groups excluding carboxylic acids is 1. The third-order valence-corrected chi connectivity index (χ3v) is 5.79. The Balaban J connectivity index is 0.00000142. The molecule has 0 fully saturated rings. The largest absolute Gasteiger partial charge is 0.382 e. The SMILES string of the molecule is C=CN/C=C(\C)C(c1cccc(C(=O)NCCOCCOC)c1)c1cccc(C)c1C.CCCC. The molecular formula is C30H44N2O3. The van der Waals surface area contributed by atoms with Crippen molar-refractivity contribution in [3.8, 4) is 0 Å². The van der Waals surface area contributed by atoms with Gasteiger partial charge in [-0.2, -0.15) is 0 Å². The summed E-state index contributed by atoms with van der Waals surface area (Å²) in [5.41, 5.74) is 6.56. The first-order valence-corrected chi connectivity index (χ1v) is 12.5. The molecule has 0 spiro atoms. The normalized spacial score (nSPS) is 11.8. The number of hydrogen-bond donors (Lipinski definition) is 2. The maximum absolute atomic E-state index is 12.7. The summed E-state index contributed by atoms with van der Waals surface area (Å²) < 4.78 is 10.4. The van der Waals surface area contributed by atoms with Crippen LogP contribution < -0.4 is 10.6 Å². The number of methoxy groups -OCH3 is 1. The predicted octanol–water partition coefficient (Wildman–Crippen LogP) is 6.27. The monoisotopic (exact) mass is 480 g/mol. The van der Waals surface area contributed by atoms with E-state index < -0.39 is 0 Å². The molecule has 0 heterocycles. The molecule has 2 rings (SSSR count). The van der Waals surface area contributed by atoms with Crippen molar-refractivity contribution in [2.75, 3.05) is 33.5 Å². The van der Waals surface area contributed by atoms with Crippen molar-refractivity contribution in [2.24, 2.45) is 0 Å². The van der Waals surface area contributed by atoms with E-state index in [1.165, 1.54) is 29.5 Å². The highest BCUT2D eigenvalue weighted by molar-refractivity contribution is 5.94. The molecule has 1 unspecified atom stereocenters. The van der Waals surface area contributed by atoms with Gasteiger partial charge < -0.3 is 20.1 Å². The minimum Gasteiger partial charge on any atom is -0.382 e. The highest BCUT2D eigenvalue weighted by Gasteiger charge is 2.20. The number of unbranched alkanes of at least 4 members (excludes halogenated alkanes) is 1. The van der Waals surface area contributed by atoms with Crippen LogP contribution in [0.3, 0.4) is 0 Å². The summed E-state index contributed by atoms with van der Waals surface area (Å²) in [4.78, 5) is 12.7. The van der Waals surface area contributed by atoms with E-state index in [-0.39, 0.29) is 11.8 Å². The second kappa shape index (κ2) is 17.5. The van der Waals surface area contributed by atoms with Crippen molar-refractivity contribution in [3.63, 3.8) is 0 Å². The fourth-order valence-corrected chi connectivity index (χ4v) is 3.49. The van der Waals surface area contributed by atoms with Gasteiger partial charge >= 0.3 is 0 Å². The molecule has 0 radical (unpaired) electrons. The van der Waals surface area contributed by atoms with Crippen molar-refractivity contribution in [2.45, 2.75) is 53.4 Å². The first kappa shape index (κ1) is 30.1. The lowest BCUT2D eigenvalue weighted by atomic mass is 9.82. The zero-order valence-electron chi connectivity index (χ0n) is 22.4. The second-order valence-corrected chi connectivity index (χ2v) is 8.47. The Morgan fingerprint density at radius 2 is 1.77 bits per heavy atom. The van der Waals surface area contributed by atoms with Crippen LogP contribution in [0.5, 0.6) is 0 Å². The third-order valence-electron chi connectivity index (χ3n) is 5.79. The quantitative estimate of drug-likeness (QED) is 0.332. The third kappa shape index (κ3) is 10.5. The van der Waals surface area contributed by atoms with Crippen molar-refractivity contribution in [1.29, 1.82) is 0 Å². The number of benzene rings is 2. The highest BCUT2D eigenvalue weighted by atomic mass is 16.5. The van der Waals surface area contributed by atoms with Gasteiger partial charge in [0.15, 0.2) is 0 Å². The van der Waals surface area contributed by atoms with Gasteiger partial charge in [-0.3, -0.25) is 4.79 Å². The van der Waals surface area contributed by atoms with Gasteiger partial charge in [0.1, 0.15) is 0 Å². The van der Waals surface area contributed by atoms with Crippen LogP contribution in [0.4, 0.5) is 0 Å².